The Morgan fingerprint density at radius 1 is 1.37 bits per heavy atom. The Labute approximate surface area is 112 Å². The molecule has 0 N–H and O–H groups in total. The second-order valence-corrected chi connectivity index (χ2v) is 7.14. The molecule has 1 aliphatic heterocycles. The van der Waals surface area contributed by atoms with E-state index >= 15 is 0 Å². The topological polar surface area (TPSA) is 80.2 Å². The molecule has 7 heteroatoms. The number of nitrogens with zero attached hydrogens (tertiary/aromatic N) is 3. The quantitative estimate of drug-likeness (QED) is 0.782. The monoisotopic (exact) mass is 283 g/mol. The van der Waals surface area contributed by atoms with Crippen LogP contribution < -0.4 is 0 Å². The number of aromatic nitrogens is 2. The number of sulfone groups is 1. The first kappa shape index (κ1) is 13.9. The Morgan fingerprint density at radius 3 is 2.58 bits per heavy atom. The molecule has 2 rings (SSSR count). The zero-order valence-electron chi connectivity index (χ0n) is 11.3. The van der Waals surface area contributed by atoms with Crippen LogP contribution in [0.25, 0.3) is 0 Å². The standard InChI is InChI=1S/C12H17N3O3S/c1-8-6-11(14-9(2)13-8)12(16)15(3)10-4-5-19(17,18)7-10/h6,10H,4-5,7H2,1-3H3. The normalized spacial score (nSPS) is 21.3. The smallest absolute Gasteiger partial charge is 0.272 e. The van der Waals surface area contributed by atoms with E-state index in [2.05, 4.69) is 9.97 Å². The molecule has 0 radical (unpaired) electrons. The third kappa shape index (κ3) is 3.09. The van der Waals surface area contributed by atoms with Gasteiger partial charge in [0, 0.05) is 18.8 Å². The van der Waals surface area contributed by atoms with Crippen molar-refractivity contribution in [2.75, 3.05) is 18.6 Å². The zero-order valence-corrected chi connectivity index (χ0v) is 12.1. The molecule has 0 bridgehead atoms. The van der Waals surface area contributed by atoms with Crippen LogP contribution in [0.3, 0.4) is 0 Å². The minimum atomic E-state index is -3.00. The SMILES string of the molecule is Cc1cc(C(=O)N(C)C2CCS(=O)(=O)C2)nc(C)n1. The van der Waals surface area contributed by atoms with E-state index in [-0.39, 0.29) is 23.5 Å². The van der Waals surface area contributed by atoms with E-state index in [1.165, 1.54) is 4.90 Å². The molecule has 0 aliphatic carbocycles. The largest absolute Gasteiger partial charge is 0.336 e. The minimum Gasteiger partial charge on any atom is -0.336 e. The molecule has 0 spiro atoms. The lowest BCUT2D eigenvalue weighted by Crippen LogP contribution is -2.38. The summed E-state index contributed by atoms with van der Waals surface area (Å²) < 4.78 is 22.9. The summed E-state index contributed by atoms with van der Waals surface area (Å²) in [7, 11) is -1.37. The molecule has 6 nitrogen and oxygen atoms in total. The van der Waals surface area contributed by atoms with Gasteiger partial charge >= 0.3 is 0 Å². The van der Waals surface area contributed by atoms with Crippen molar-refractivity contribution in [3.05, 3.63) is 23.3 Å². The van der Waals surface area contributed by atoms with E-state index in [1.807, 2.05) is 0 Å². The maximum Gasteiger partial charge on any atom is 0.272 e. The predicted molar refractivity (Wildman–Crippen MR) is 70.7 cm³/mol. The lowest BCUT2D eigenvalue weighted by atomic mass is 10.2. The summed E-state index contributed by atoms with van der Waals surface area (Å²) in [4.78, 5) is 22.0. The predicted octanol–water partition coefficient (Wildman–Crippen LogP) is 0.353. The molecule has 1 atom stereocenters. The van der Waals surface area contributed by atoms with Crippen molar-refractivity contribution in [3.8, 4) is 0 Å². The van der Waals surface area contributed by atoms with E-state index < -0.39 is 9.84 Å². The van der Waals surface area contributed by atoms with Crippen molar-refractivity contribution in [2.24, 2.45) is 0 Å². The van der Waals surface area contributed by atoms with Gasteiger partial charge in [0.2, 0.25) is 0 Å². The average molecular weight is 283 g/mol. The first-order valence-electron chi connectivity index (χ1n) is 6.08. The number of carbonyl (C=O) groups excluding carboxylic acids is 1. The summed E-state index contributed by atoms with van der Waals surface area (Å²) in [5.41, 5.74) is 1.04. The molecular formula is C12H17N3O3S. The summed E-state index contributed by atoms with van der Waals surface area (Å²) in [6.07, 6.45) is 0.494. The van der Waals surface area contributed by atoms with Gasteiger partial charge in [0.15, 0.2) is 9.84 Å². The average Bonchev–Trinajstić information content (AvgIpc) is 2.66. The van der Waals surface area contributed by atoms with Gasteiger partial charge in [0.1, 0.15) is 11.5 Å². The van der Waals surface area contributed by atoms with Crippen molar-refractivity contribution < 1.29 is 13.2 Å². The summed E-state index contributed by atoms with van der Waals surface area (Å²) in [5, 5.41) is 0. The molecular weight excluding hydrogens is 266 g/mol. The minimum absolute atomic E-state index is 0.0400. The maximum absolute atomic E-state index is 12.3. The van der Waals surface area contributed by atoms with E-state index in [1.54, 1.807) is 27.0 Å². The van der Waals surface area contributed by atoms with Crippen LogP contribution in [-0.4, -0.2) is 53.8 Å². The molecule has 0 saturated carbocycles. The molecule has 1 unspecified atom stereocenters. The molecule has 19 heavy (non-hydrogen) atoms. The van der Waals surface area contributed by atoms with Crippen molar-refractivity contribution in [1.82, 2.24) is 14.9 Å². The van der Waals surface area contributed by atoms with Gasteiger partial charge in [-0.25, -0.2) is 18.4 Å². The van der Waals surface area contributed by atoms with Gasteiger partial charge in [-0.05, 0) is 26.3 Å². The fourth-order valence-electron chi connectivity index (χ4n) is 2.25. The highest BCUT2D eigenvalue weighted by atomic mass is 32.2. The zero-order chi connectivity index (χ0) is 14.2. The fourth-order valence-corrected chi connectivity index (χ4v) is 4.03. The Bertz CT molecular complexity index is 592. The highest BCUT2D eigenvalue weighted by Gasteiger charge is 2.33. The number of amides is 1. The van der Waals surface area contributed by atoms with E-state index in [0.717, 1.165) is 5.69 Å². The first-order valence-corrected chi connectivity index (χ1v) is 7.90. The third-order valence-corrected chi connectivity index (χ3v) is 5.01. The number of aryl methyl sites for hydroxylation is 2. The Hall–Kier alpha value is -1.50. The van der Waals surface area contributed by atoms with Gasteiger partial charge in [-0.1, -0.05) is 0 Å². The van der Waals surface area contributed by atoms with E-state index in [9.17, 15) is 13.2 Å². The number of rotatable bonds is 2. The lowest BCUT2D eigenvalue weighted by molar-refractivity contribution is 0.0741. The highest BCUT2D eigenvalue weighted by Crippen LogP contribution is 2.18. The van der Waals surface area contributed by atoms with Crippen LogP contribution in [0.1, 0.15) is 28.4 Å². The van der Waals surface area contributed by atoms with Gasteiger partial charge in [0.25, 0.3) is 5.91 Å². The van der Waals surface area contributed by atoms with Crippen molar-refractivity contribution in [2.45, 2.75) is 26.3 Å². The van der Waals surface area contributed by atoms with Crippen molar-refractivity contribution in [1.29, 1.82) is 0 Å². The highest BCUT2D eigenvalue weighted by molar-refractivity contribution is 7.91. The first-order chi connectivity index (χ1) is 8.78. The van der Waals surface area contributed by atoms with Crippen molar-refractivity contribution in [3.63, 3.8) is 0 Å². The Kier molecular flexibility index (Phi) is 3.58. The van der Waals surface area contributed by atoms with Crippen LogP contribution in [0.15, 0.2) is 6.07 Å². The molecule has 0 aromatic carbocycles. The van der Waals surface area contributed by atoms with E-state index in [0.29, 0.717) is 17.9 Å². The van der Waals surface area contributed by atoms with Gasteiger partial charge < -0.3 is 4.90 Å². The van der Waals surface area contributed by atoms with Crippen molar-refractivity contribution >= 4 is 15.7 Å². The lowest BCUT2D eigenvalue weighted by Gasteiger charge is -2.23. The van der Waals surface area contributed by atoms with Crippen LogP contribution in [-0.2, 0) is 9.84 Å². The summed E-state index contributed by atoms with van der Waals surface area (Å²) in [5.74, 6) is 0.474. The molecule has 1 amide bonds. The molecule has 1 aromatic rings. The van der Waals surface area contributed by atoms with Gasteiger partial charge in [-0.15, -0.1) is 0 Å². The number of carbonyl (C=O) groups is 1. The van der Waals surface area contributed by atoms with Gasteiger partial charge in [-0.3, -0.25) is 4.79 Å². The second-order valence-electron chi connectivity index (χ2n) is 4.91. The molecule has 1 fully saturated rings. The second kappa shape index (κ2) is 4.88. The van der Waals surface area contributed by atoms with Crippen LogP contribution in [0.5, 0.6) is 0 Å². The fraction of sp³-hybridized carbons (Fsp3) is 0.583. The molecule has 1 saturated heterocycles. The molecule has 1 aliphatic rings. The van der Waals surface area contributed by atoms with Crippen LogP contribution in [0.2, 0.25) is 0 Å². The maximum atomic E-state index is 12.3. The van der Waals surface area contributed by atoms with E-state index in [4.69, 9.17) is 0 Å². The molecule has 1 aromatic heterocycles. The van der Waals surface area contributed by atoms with Crippen LogP contribution >= 0.6 is 0 Å². The van der Waals surface area contributed by atoms with Crippen LogP contribution in [0.4, 0.5) is 0 Å². The van der Waals surface area contributed by atoms with Crippen LogP contribution in [0, 0.1) is 13.8 Å². The molecule has 104 valence electrons. The number of hydrogen-bond acceptors (Lipinski definition) is 5. The Morgan fingerprint density at radius 2 is 2.05 bits per heavy atom. The third-order valence-electron chi connectivity index (χ3n) is 3.26. The summed E-state index contributed by atoms with van der Waals surface area (Å²) in [6.45, 7) is 3.52. The number of hydrogen-bond donors (Lipinski definition) is 0. The summed E-state index contributed by atoms with van der Waals surface area (Å²) in [6, 6.07) is 1.36. The summed E-state index contributed by atoms with van der Waals surface area (Å²) >= 11 is 0. The Balaban J connectivity index is 2.20. The van der Waals surface area contributed by atoms with Gasteiger partial charge in [-0.2, -0.15) is 0 Å². The molecule has 2 heterocycles. The van der Waals surface area contributed by atoms with Gasteiger partial charge in [0.05, 0.1) is 11.5 Å².